The van der Waals surface area contributed by atoms with Crippen molar-refractivity contribution in [3.63, 3.8) is 0 Å². The molecule has 1 amide bonds. The molecule has 0 saturated heterocycles. The van der Waals surface area contributed by atoms with Crippen molar-refractivity contribution in [2.75, 3.05) is 18.9 Å². The first-order valence-corrected chi connectivity index (χ1v) is 5.30. The van der Waals surface area contributed by atoms with Gasteiger partial charge >= 0.3 is 0 Å². The predicted molar refractivity (Wildman–Crippen MR) is 65.0 cm³/mol. The largest absolute Gasteiger partial charge is 0.371 e. The number of nitro groups is 1. The molecule has 1 aromatic carbocycles. The molecule has 1 rings (SSSR count). The summed E-state index contributed by atoms with van der Waals surface area (Å²) in [6, 6.07) is 4.95. The standard InChI is InChI=1S/C11H15N3O3/c1-3-8-4-5-9(10(6-8)14(16)17)13-7-11(15)12-2/h4-6,13H,3,7H2,1-2H3,(H,12,15). The lowest BCUT2D eigenvalue weighted by atomic mass is 10.1. The van der Waals surface area contributed by atoms with E-state index in [9.17, 15) is 14.9 Å². The summed E-state index contributed by atoms with van der Waals surface area (Å²) in [5, 5.41) is 16.0. The van der Waals surface area contributed by atoms with Crippen LogP contribution in [0.2, 0.25) is 0 Å². The third kappa shape index (κ3) is 3.44. The van der Waals surface area contributed by atoms with Gasteiger partial charge in [0, 0.05) is 13.1 Å². The molecule has 17 heavy (non-hydrogen) atoms. The highest BCUT2D eigenvalue weighted by molar-refractivity contribution is 5.81. The van der Waals surface area contributed by atoms with Gasteiger partial charge in [0.05, 0.1) is 11.5 Å². The van der Waals surface area contributed by atoms with Crippen LogP contribution < -0.4 is 10.6 Å². The second-order valence-corrected chi connectivity index (χ2v) is 3.49. The molecular weight excluding hydrogens is 222 g/mol. The molecule has 6 heteroatoms. The quantitative estimate of drug-likeness (QED) is 0.597. The molecule has 0 fully saturated rings. The number of benzene rings is 1. The first-order chi connectivity index (χ1) is 8.08. The fourth-order valence-corrected chi connectivity index (χ4v) is 1.36. The molecule has 0 atom stereocenters. The smallest absolute Gasteiger partial charge is 0.292 e. The third-order valence-corrected chi connectivity index (χ3v) is 2.39. The van der Waals surface area contributed by atoms with Gasteiger partial charge in [-0.25, -0.2) is 0 Å². The summed E-state index contributed by atoms with van der Waals surface area (Å²) >= 11 is 0. The molecule has 0 bridgehead atoms. The van der Waals surface area contributed by atoms with Gasteiger partial charge in [0.2, 0.25) is 5.91 Å². The summed E-state index contributed by atoms with van der Waals surface area (Å²) in [7, 11) is 1.51. The number of aryl methyl sites for hydroxylation is 1. The van der Waals surface area contributed by atoms with Gasteiger partial charge in [-0.15, -0.1) is 0 Å². The number of nitrogens with zero attached hydrogens (tertiary/aromatic N) is 1. The monoisotopic (exact) mass is 237 g/mol. The summed E-state index contributed by atoms with van der Waals surface area (Å²) in [4.78, 5) is 21.5. The average molecular weight is 237 g/mol. The number of nitro benzene ring substituents is 1. The Morgan fingerprint density at radius 1 is 1.47 bits per heavy atom. The number of rotatable bonds is 5. The average Bonchev–Trinajstić information content (AvgIpc) is 2.35. The molecule has 0 unspecified atom stereocenters. The zero-order valence-corrected chi connectivity index (χ0v) is 9.82. The van der Waals surface area contributed by atoms with Crippen LogP contribution in [0.15, 0.2) is 18.2 Å². The second kappa shape index (κ2) is 5.83. The lowest BCUT2D eigenvalue weighted by Crippen LogP contribution is -2.26. The Hall–Kier alpha value is -2.11. The number of likely N-dealkylation sites (N-methyl/N-ethyl adjacent to an activating group) is 1. The molecule has 1 aromatic rings. The Morgan fingerprint density at radius 3 is 2.71 bits per heavy atom. The Kier molecular flexibility index (Phi) is 4.45. The van der Waals surface area contributed by atoms with E-state index in [4.69, 9.17) is 0 Å². The van der Waals surface area contributed by atoms with E-state index >= 15 is 0 Å². The molecule has 0 spiro atoms. The highest BCUT2D eigenvalue weighted by atomic mass is 16.6. The molecular formula is C11H15N3O3. The maximum absolute atomic E-state index is 11.0. The van der Waals surface area contributed by atoms with Crippen LogP contribution in [0.25, 0.3) is 0 Å². The van der Waals surface area contributed by atoms with Crippen molar-refractivity contribution in [3.05, 3.63) is 33.9 Å². The Morgan fingerprint density at radius 2 is 2.18 bits per heavy atom. The van der Waals surface area contributed by atoms with E-state index in [1.807, 2.05) is 6.92 Å². The number of hydrogen-bond donors (Lipinski definition) is 2. The first kappa shape index (κ1) is 13.0. The summed E-state index contributed by atoms with van der Waals surface area (Å²) in [5.41, 5.74) is 1.24. The van der Waals surface area contributed by atoms with E-state index in [1.54, 1.807) is 12.1 Å². The molecule has 0 saturated carbocycles. The van der Waals surface area contributed by atoms with Gasteiger partial charge < -0.3 is 10.6 Å². The third-order valence-electron chi connectivity index (χ3n) is 2.39. The zero-order chi connectivity index (χ0) is 12.8. The van der Waals surface area contributed by atoms with Crippen LogP contribution in [0.1, 0.15) is 12.5 Å². The van der Waals surface area contributed by atoms with Gasteiger partial charge in [-0.3, -0.25) is 14.9 Å². The molecule has 0 aromatic heterocycles. The van der Waals surface area contributed by atoms with E-state index in [-0.39, 0.29) is 18.1 Å². The lowest BCUT2D eigenvalue weighted by molar-refractivity contribution is -0.384. The number of amides is 1. The number of carbonyl (C=O) groups is 1. The van der Waals surface area contributed by atoms with Gasteiger partial charge in [-0.05, 0) is 18.1 Å². The number of anilines is 1. The molecule has 6 nitrogen and oxygen atoms in total. The summed E-state index contributed by atoms with van der Waals surface area (Å²) < 4.78 is 0. The van der Waals surface area contributed by atoms with E-state index in [0.29, 0.717) is 5.69 Å². The van der Waals surface area contributed by atoms with Gasteiger partial charge in [0.15, 0.2) is 0 Å². The number of carbonyl (C=O) groups excluding carboxylic acids is 1. The van der Waals surface area contributed by atoms with Gasteiger partial charge in [0.1, 0.15) is 5.69 Å². The van der Waals surface area contributed by atoms with E-state index in [1.165, 1.54) is 13.1 Å². The molecule has 0 aliphatic rings. The van der Waals surface area contributed by atoms with Crippen molar-refractivity contribution in [3.8, 4) is 0 Å². The minimum absolute atomic E-state index is 0.00625. The molecule has 0 heterocycles. The molecule has 2 N–H and O–H groups in total. The van der Waals surface area contributed by atoms with Crippen LogP contribution in [0, 0.1) is 10.1 Å². The first-order valence-electron chi connectivity index (χ1n) is 5.30. The van der Waals surface area contributed by atoms with Crippen LogP contribution in [0.4, 0.5) is 11.4 Å². The fourth-order valence-electron chi connectivity index (χ4n) is 1.36. The van der Waals surface area contributed by atoms with Gasteiger partial charge in [-0.1, -0.05) is 13.0 Å². The van der Waals surface area contributed by atoms with Crippen molar-refractivity contribution in [2.24, 2.45) is 0 Å². The van der Waals surface area contributed by atoms with Crippen LogP contribution in [0.5, 0.6) is 0 Å². The highest BCUT2D eigenvalue weighted by Crippen LogP contribution is 2.25. The van der Waals surface area contributed by atoms with Gasteiger partial charge in [0.25, 0.3) is 5.69 Å². The number of nitrogens with one attached hydrogen (secondary N) is 2. The molecule has 0 aliphatic heterocycles. The van der Waals surface area contributed by atoms with Crippen molar-refractivity contribution in [1.29, 1.82) is 0 Å². The van der Waals surface area contributed by atoms with Crippen molar-refractivity contribution >= 4 is 17.3 Å². The lowest BCUT2D eigenvalue weighted by Gasteiger charge is -2.07. The van der Waals surface area contributed by atoms with Crippen molar-refractivity contribution in [2.45, 2.75) is 13.3 Å². The van der Waals surface area contributed by atoms with Crippen molar-refractivity contribution < 1.29 is 9.72 Å². The predicted octanol–water partition coefficient (Wildman–Crippen LogP) is 1.32. The van der Waals surface area contributed by atoms with Crippen molar-refractivity contribution in [1.82, 2.24) is 5.32 Å². The Labute approximate surface area is 99.2 Å². The minimum atomic E-state index is -0.453. The SMILES string of the molecule is CCc1ccc(NCC(=O)NC)c([N+](=O)[O-])c1. The Bertz CT molecular complexity index is 432. The maximum atomic E-state index is 11.0. The van der Waals surface area contributed by atoms with E-state index in [0.717, 1.165) is 12.0 Å². The number of hydrogen-bond acceptors (Lipinski definition) is 4. The Balaban J connectivity index is 2.90. The highest BCUT2D eigenvalue weighted by Gasteiger charge is 2.14. The van der Waals surface area contributed by atoms with E-state index in [2.05, 4.69) is 10.6 Å². The van der Waals surface area contributed by atoms with E-state index < -0.39 is 4.92 Å². The zero-order valence-electron chi connectivity index (χ0n) is 9.82. The summed E-state index contributed by atoms with van der Waals surface area (Å²) in [5.74, 6) is -0.223. The molecule has 0 aliphatic carbocycles. The normalized spacial score (nSPS) is 9.76. The summed E-state index contributed by atoms with van der Waals surface area (Å²) in [6.07, 6.45) is 0.733. The maximum Gasteiger partial charge on any atom is 0.292 e. The van der Waals surface area contributed by atoms with Gasteiger partial charge in [-0.2, -0.15) is 0 Å². The van der Waals surface area contributed by atoms with Crippen LogP contribution in [-0.2, 0) is 11.2 Å². The summed E-state index contributed by atoms with van der Waals surface area (Å²) in [6.45, 7) is 1.94. The van der Waals surface area contributed by atoms with Crippen LogP contribution in [0.3, 0.4) is 0 Å². The topological polar surface area (TPSA) is 84.3 Å². The molecule has 92 valence electrons. The minimum Gasteiger partial charge on any atom is -0.371 e. The van der Waals surface area contributed by atoms with Crippen LogP contribution in [-0.4, -0.2) is 24.4 Å². The molecule has 0 radical (unpaired) electrons. The second-order valence-electron chi connectivity index (χ2n) is 3.49. The van der Waals surface area contributed by atoms with Crippen LogP contribution >= 0.6 is 0 Å². The fraction of sp³-hybridized carbons (Fsp3) is 0.364.